The van der Waals surface area contributed by atoms with Gasteiger partial charge in [-0.05, 0) is 6.92 Å². The lowest BCUT2D eigenvalue weighted by Crippen LogP contribution is -2.40. The standard InChI is InChI=1S/C9H16O2/c1-6-9(5,11)7(10)8(2,3)4/h6,11H,1H2,2-5H3. The monoisotopic (exact) mass is 156 g/mol. The lowest BCUT2D eigenvalue weighted by atomic mass is 9.81. The van der Waals surface area contributed by atoms with Crippen LogP contribution in [-0.2, 0) is 4.79 Å². The van der Waals surface area contributed by atoms with Gasteiger partial charge in [0.05, 0.1) is 0 Å². The van der Waals surface area contributed by atoms with Gasteiger partial charge in [0.25, 0.3) is 0 Å². The van der Waals surface area contributed by atoms with Gasteiger partial charge in [-0.25, -0.2) is 0 Å². The summed E-state index contributed by atoms with van der Waals surface area (Å²) in [6.45, 7) is 10.2. The van der Waals surface area contributed by atoms with Crippen molar-refractivity contribution in [2.45, 2.75) is 33.3 Å². The van der Waals surface area contributed by atoms with Gasteiger partial charge in [-0.2, -0.15) is 0 Å². The Balaban J connectivity index is 4.63. The average molecular weight is 156 g/mol. The fourth-order valence-corrected chi connectivity index (χ4v) is 0.852. The lowest BCUT2D eigenvalue weighted by Gasteiger charge is -2.26. The number of rotatable bonds is 2. The Morgan fingerprint density at radius 1 is 1.36 bits per heavy atom. The molecular formula is C9H16O2. The summed E-state index contributed by atoms with van der Waals surface area (Å²) in [5.74, 6) is -0.208. The average Bonchev–Trinajstić information content (AvgIpc) is 1.84. The van der Waals surface area contributed by atoms with E-state index < -0.39 is 11.0 Å². The van der Waals surface area contributed by atoms with Crippen LogP contribution >= 0.6 is 0 Å². The normalized spacial score (nSPS) is 17.2. The molecule has 2 nitrogen and oxygen atoms in total. The molecule has 0 saturated heterocycles. The zero-order chi connectivity index (χ0) is 9.28. The molecular weight excluding hydrogens is 140 g/mol. The summed E-state index contributed by atoms with van der Waals surface area (Å²) in [6.07, 6.45) is 1.26. The van der Waals surface area contributed by atoms with Crippen molar-refractivity contribution in [2.75, 3.05) is 0 Å². The zero-order valence-electron chi connectivity index (χ0n) is 7.64. The van der Waals surface area contributed by atoms with Gasteiger partial charge in [0, 0.05) is 5.41 Å². The van der Waals surface area contributed by atoms with Gasteiger partial charge in [0.15, 0.2) is 5.78 Å². The summed E-state index contributed by atoms with van der Waals surface area (Å²) >= 11 is 0. The van der Waals surface area contributed by atoms with E-state index in [4.69, 9.17) is 0 Å². The first-order valence-electron chi connectivity index (χ1n) is 3.62. The first kappa shape index (κ1) is 10.4. The number of hydrogen-bond donors (Lipinski definition) is 1. The second kappa shape index (κ2) is 2.78. The molecule has 0 saturated carbocycles. The topological polar surface area (TPSA) is 37.3 Å². The summed E-state index contributed by atoms with van der Waals surface area (Å²) in [4.78, 5) is 11.4. The molecule has 0 amide bonds. The van der Waals surface area contributed by atoms with Crippen molar-refractivity contribution >= 4 is 5.78 Å². The maximum atomic E-state index is 11.4. The molecule has 0 spiro atoms. The van der Waals surface area contributed by atoms with Crippen LogP contribution < -0.4 is 0 Å². The van der Waals surface area contributed by atoms with E-state index in [0.29, 0.717) is 0 Å². The summed E-state index contributed by atoms with van der Waals surface area (Å²) in [7, 11) is 0. The third kappa shape index (κ3) is 2.46. The second-order valence-electron chi connectivity index (χ2n) is 3.93. The van der Waals surface area contributed by atoms with Crippen molar-refractivity contribution < 1.29 is 9.90 Å². The maximum absolute atomic E-state index is 11.4. The third-order valence-electron chi connectivity index (χ3n) is 1.54. The first-order valence-corrected chi connectivity index (χ1v) is 3.62. The molecule has 1 atom stereocenters. The minimum atomic E-state index is -1.39. The summed E-state index contributed by atoms with van der Waals surface area (Å²) in [5.41, 5.74) is -1.91. The van der Waals surface area contributed by atoms with Gasteiger partial charge in [-0.15, -0.1) is 0 Å². The van der Waals surface area contributed by atoms with E-state index in [1.165, 1.54) is 13.0 Å². The largest absolute Gasteiger partial charge is 0.378 e. The number of aliphatic hydroxyl groups is 1. The quantitative estimate of drug-likeness (QED) is 0.616. The Labute approximate surface area is 67.9 Å². The minimum absolute atomic E-state index is 0.208. The Kier molecular flexibility index (Phi) is 2.62. The van der Waals surface area contributed by atoms with Crippen molar-refractivity contribution in [1.29, 1.82) is 0 Å². The van der Waals surface area contributed by atoms with Crippen molar-refractivity contribution in [3.8, 4) is 0 Å². The Bertz CT molecular complexity index is 172. The van der Waals surface area contributed by atoms with E-state index in [0.717, 1.165) is 0 Å². The predicted molar refractivity (Wildman–Crippen MR) is 45.3 cm³/mol. The van der Waals surface area contributed by atoms with Crippen LogP contribution in [0.2, 0.25) is 0 Å². The Hall–Kier alpha value is -0.630. The highest BCUT2D eigenvalue weighted by atomic mass is 16.3. The molecule has 64 valence electrons. The SMILES string of the molecule is C=CC(C)(O)C(=O)C(C)(C)C. The van der Waals surface area contributed by atoms with Gasteiger partial charge >= 0.3 is 0 Å². The van der Waals surface area contributed by atoms with Crippen LogP contribution in [0.15, 0.2) is 12.7 Å². The fraction of sp³-hybridized carbons (Fsp3) is 0.667. The molecule has 1 unspecified atom stereocenters. The Morgan fingerprint density at radius 2 is 1.73 bits per heavy atom. The fourth-order valence-electron chi connectivity index (χ4n) is 0.852. The lowest BCUT2D eigenvalue weighted by molar-refractivity contribution is -0.139. The molecule has 0 radical (unpaired) electrons. The maximum Gasteiger partial charge on any atom is 0.173 e. The molecule has 0 aliphatic rings. The molecule has 2 heteroatoms. The van der Waals surface area contributed by atoms with E-state index in [1.54, 1.807) is 20.8 Å². The number of Topliss-reactive ketones (excluding diaryl/α,β-unsaturated/α-hetero) is 1. The second-order valence-corrected chi connectivity index (χ2v) is 3.93. The Morgan fingerprint density at radius 3 is 1.82 bits per heavy atom. The molecule has 0 bridgehead atoms. The van der Waals surface area contributed by atoms with Crippen LogP contribution in [0.4, 0.5) is 0 Å². The number of carbonyl (C=O) groups excluding carboxylic acids is 1. The highest BCUT2D eigenvalue weighted by Gasteiger charge is 2.35. The molecule has 0 aliphatic heterocycles. The minimum Gasteiger partial charge on any atom is -0.378 e. The molecule has 1 N–H and O–H groups in total. The molecule has 0 rings (SSSR count). The number of carbonyl (C=O) groups is 1. The third-order valence-corrected chi connectivity index (χ3v) is 1.54. The summed E-state index contributed by atoms with van der Waals surface area (Å²) in [6, 6.07) is 0. The number of ketones is 1. The van der Waals surface area contributed by atoms with Gasteiger partial charge in [0.1, 0.15) is 5.60 Å². The highest BCUT2D eigenvalue weighted by molar-refractivity contribution is 5.92. The van der Waals surface area contributed by atoms with Gasteiger partial charge in [-0.3, -0.25) is 4.79 Å². The van der Waals surface area contributed by atoms with E-state index in [9.17, 15) is 9.90 Å². The molecule has 0 aliphatic carbocycles. The van der Waals surface area contributed by atoms with E-state index in [2.05, 4.69) is 6.58 Å². The van der Waals surface area contributed by atoms with E-state index in [-0.39, 0.29) is 5.78 Å². The van der Waals surface area contributed by atoms with Gasteiger partial charge in [0.2, 0.25) is 0 Å². The van der Waals surface area contributed by atoms with Crippen LogP contribution in [0.1, 0.15) is 27.7 Å². The molecule has 0 fully saturated rings. The molecule has 0 aromatic heterocycles. The van der Waals surface area contributed by atoms with Crippen molar-refractivity contribution in [2.24, 2.45) is 5.41 Å². The molecule has 0 aromatic rings. The van der Waals surface area contributed by atoms with Crippen LogP contribution in [0, 0.1) is 5.41 Å². The highest BCUT2D eigenvalue weighted by Crippen LogP contribution is 2.23. The van der Waals surface area contributed by atoms with Gasteiger partial charge in [-0.1, -0.05) is 33.4 Å². The van der Waals surface area contributed by atoms with Crippen LogP contribution in [0.3, 0.4) is 0 Å². The predicted octanol–water partition coefficient (Wildman–Crippen LogP) is 1.54. The molecule has 11 heavy (non-hydrogen) atoms. The van der Waals surface area contributed by atoms with Crippen LogP contribution in [0.25, 0.3) is 0 Å². The van der Waals surface area contributed by atoms with Gasteiger partial charge < -0.3 is 5.11 Å². The summed E-state index contributed by atoms with van der Waals surface area (Å²) in [5, 5.41) is 9.46. The van der Waals surface area contributed by atoms with E-state index in [1.807, 2.05) is 0 Å². The molecule has 0 aromatic carbocycles. The first-order chi connectivity index (χ1) is 4.72. The summed E-state index contributed by atoms with van der Waals surface area (Å²) < 4.78 is 0. The van der Waals surface area contributed by atoms with Crippen molar-refractivity contribution in [1.82, 2.24) is 0 Å². The zero-order valence-corrected chi connectivity index (χ0v) is 7.64. The van der Waals surface area contributed by atoms with Crippen molar-refractivity contribution in [3.63, 3.8) is 0 Å². The smallest absolute Gasteiger partial charge is 0.173 e. The number of hydrogen-bond acceptors (Lipinski definition) is 2. The van der Waals surface area contributed by atoms with Crippen LogP contribution in [0.5, 0.6) is 0 Å². The van der Waals surface area contributed by atoms with E-state index >= 15 is 0 Å². The van der Waals surface area contributed by atoms with Crippen LogP contribution in [-0.4, -0.2) is 16.5 Å². The van der Waals surface area contributed by atoms with Crippen molar-refractivity contribution in [3.05, 3.63) is 12.7 Å². The molecule has 0 heterocycles.